The first-order valence-corrected chi connectivity index (χ1v) is 11.7. The number of amidine groups is 1. The van der Waals surface area contributed by atoms with E-state index in [0.29, 0.717) is 23.5 Å². The van der Waals surface area contributed by atoms with E-state index in [0.717, 1.165) is 5.56 Å². The molecule has 9 nitrogen and oxygen atoms in total. The van der Waals surface area contributed by atoms with E-state index < -0.39 is 16.1 Å². The van der Waals surface area contributed by atoms with Crippen LogP contribution in [0.4, 0.5) is 5.69 Å². The smallest absolute Gasteiger partial charge is 0.263 e. The van der Waals surface area contributed by atoms with Crippen molar-refractivity contribution in [1.29, 1.82) is 0 Å². The van der Waals surface area contributed by atoms with Crippen LogP contribution in [0.5, 0.6) is 0 Å². The van der Waals surface area contributed by atoms with E-state index in [1.54, 1.807) is 35.2 Å². The van der Waals surface area contributed by atoms with Crippen molar-refractivity contribution in [3.8, 4) is 11.4 Å². The fourth-order valence-corrected chi connectivity index (χ4v) is 4.77. The van der Waals surface area contributed by atoms with Gasteiger partial charge in [-0.15, -0.1) is 10.2 Å². The minimum atomic E-state index is -3.68. The summed E-state index contributed by atoms with van der Waals surface area (Å²) in [6.07, 6.45) is 2.30. The number of hydrogen-bond acceptors (Lipinski definition) is 6. The molecule has 10 heteroatoms. The average Bonchev–Trinajstić information content (AvgIpc) is 3.32. The summed E-state index contributed by atoms with van der Waals surface area (Å²) >= 11 is 0. The second-order valence-corrected chi connectivity index (χ2v) is 9.40. The SMILES string of the molecule is CC[C@H](C)[C@H](N=C1NS(=O)(=O)c2ccccc21)C(=O)Nc1cccc(-c2nncn2C)c1. The summed E-state index contributed by atoms with van der Waals surface area (Å²) in [6, 6.07) is 13.1. The van der Waals surface area contributed by atoms with E-state index >= 15 is 0 Å². The van der Waals surface area contributed by atoms with Gasteiger partial charge in [0.1, 0.15) is 18.2 Å². The van der Waals surface area contributed by atoms with Gasteiger partial charge < -0.3 is 9.88 Å². The number of amides is 1. The van der Waals surface area contributed by atoms with Gasteiger partial charge >= 0.3 is 0 Å². The molecule has 0 saturated carbocycles. The Morgan fingerprint density at radius 1 is 1.22 bits per heavy atom. The number of carbonyl (C=O) groups is 1. The fraction of sp³-hybridized carbons (Fsp3) is 0.273. The number of hydrogen-bond donors (Lipinski definition) is 2. The van der Waals surface area contributed by atoms with Crippen LogP contribution in [0.15, 0.2) is 64.7 Å². The average molecular weight is 453 g/mol. The first kappa shape index (κ1) is 21.7. The van der Waals surface area contributed by atoms with Crippen LogP contribution < -0.4 is 10.0 Å². The molecule has 2 N–H and O–H groups in total. The maximum atomic E-state index is 13.2. The molecule has 0 saturated heterocycles. The highest BCUT2D eigenvalue weighted by molar-refractivity contribution is 7.90. The lowest BCUT2D eigenvalue weighted by Crippen LogP contribution is -2.34. The van der Waals surface area contributed by atoms with Crippen molar-refractivity contribution in [2.45, 2.75) is 31.2 Å². The van der Waals surface area contributed by atoms with Crippen LogP contribution in [0.1, 0.15) is 25.8 Å². The number of nitrogens with zero attached hydrogens (tertiary/aromatic N) is 4. The molecule has 2 atom stereocenters. The molecular weight excluding hydrogens is 428 g/mol. The predicted molar refractivity (Wildman–Crippen MR) is 122 cm³/mol. The van der Waals surface area contributed by atoms with Crippen molar-refractivity contribution in [3.63, 3.8) is 0 Å². The van der Waals surface area contributed by atoms with Gasteiger partial charge in [0, 0.05) is 23.9 Å². The molecule has 2 heterocycles. The summed E-state index contributed by atoms with van der Waals surface area (Å²) in [5, 5.41) is 10.9. The Balaban J connectivity index is 1.64. The van der Waals surface area contributed by atoms with Gasteiger partial charge in [-0.1, -0.05) is 44.5 Å². The van der Waals surface area contributed by atoms with E-state index in [4.69, 9.17) is 0 Å². The molecule has 0 unspecified atom stereocenters. The second-order valence-electron chi connectivity index (χ2n) is 7.75. The molecule has 0 aliphatic carbocycles. The van der Waals surface area contributed by atoms with Crippen LogP contribution in [-0.4, -0.2) is 41.0 Å². The van der Waals surface area contributed by atoms with E-state index in [9.17, 15) is 13.2 Å². The minimum absolute atomic E-state index is 0.110. The van der Waals surface area contributed by atoms with Gasteiger partial charge in [-0.3, -0.25) is 14.5 Å². The Morgan fingerprint density at radius 2 is 2.00 bits per heavy atom. The number of nitrogens with one attached hydrogen (secondary N) is 2. The predicted octanol–water partition coefficient (Wildman–Crippen LogP) is 2.57. The number of aliphatic imine (C=N–C) groups is 1. The lowest BCUT2D eigenvalue weighted by atomic mass is 9.98. The van der Waals surface area contributed by atoms with Gasteiger partial charge in [0.15, 0.2) is 5.82 Å². The molecule has 0 spiro atoms. The third-order valence-electron chi connectivity index (χ3n) is 5.48. The van der Waals surface area contributed by atoms with Crippen molar-refractivity contribution in [2.24, 2.45) is 18.0 Å². The number of aryl methyl sites for hydroxylation is 1. The van der Waals surface area contributed by atoms with Crippen LogP contribution in [0.3, 0.4) is 0 Å². The Morgan fingerprint density at radius 3 is 2.72 bits per heavy atom. The Hall–Kier alpha value is -3.53. The zero-order valence-corrected chi connectivity index (χ0v) is 18.8. The quantitative estimate of drug-likeness (QED) is 0.596. The van der Waals surface area contributed by atoms with E-state index in [1.165, 1.54) is 6.07 Å². The highest BCUT2D eigenvalue weighted by Gasteiger charge is 2.33. The molecule has 1 aliphatic heterocycles. The molecule has 1 amide bonds. The van der Waals surface area contributed by atoms with Gasteiger partial charge in [0.2, 0.25) is 5.91 Å². The number of carbonyl (C=O) groups excluding carboxylic acids is 1. The lowest BCUT2D eigenvalue weighted by molar-refractivity contribution is -0.118. The van der Waals surface area contributed by atoms with Crippen LogP contribution >= 0.6 is 0 Å². The van der Waals surface area contributed by atoms with Gasteiger partial charge in [-0.05, 0) is 30.2 Å². The summed E-state index contributed by atoms with van der Waals surface area (Å²) in [5.41, 5.74) is 1.88. The summed E-state index contributed by atoms with van der Waals surface area (Å²) in [6.45, 7) is 3.88. The van der Waals surface area contributed by atoms with Crippen molar-refractivity contribution in [3.05, 3.63) is 60.4 Å². The van der Waals surface area contributed by atoms with Crippen LogP contribution in [0.25, 0.3) is 11.4 Å². The molecule has 0 bridgehead atoms. The summed E-state index contributed by atoms with van der Waals surface area (Å²) < 4.78 is 29.1. The lowest BCUT2D eigenvalue weighted by Gasteiger charge is -2.19. The van der Waals surface area contributed by atoms with Gasteiger partial charge in [-0.2, -0.15) is 0 Å². The maximum Gasteiger partial charge on any atom is 0.263 e. The molecule has 32 heavy (non-hydrogen) atoms. The third-order valence-corrected chi connectivity index (χ3v) is 6.88. The number of sulfonamides is 1. The topological polar surface area (TPSA) is 118 Å². The molecule has 0 radical (unpaired) electrons. The molecule has 1 aliphatic rings. The number of aromatic nitrogens is 3. The molecular formula is C22H24N6O3S. The zero-order chi connectivity index (χ0) is 22.9. The monoisotopic (exact) mass is 452 g/mol. The van der Waals surface area contributed by atoms with E-state index in [2.05, 4.69) is 25.2 Å². The standard InChI is InChI=1S/C22H24N6O3S/c1-4-14(2)19(25-20-17-10-5-6-11-18(17)32(30,31)27-20)22(29)24-16-9-7-8-15(12-16)21-26-23-13-28(21)3/h5-14,19H,4H2,1-3H3,(H,24,29)(H,25,27)/t14-,19-/m0/s1. The van der Waals surface area contributed by atoms with Crippen molar-refractivity contribution < 1.29 is 13.2 Å². The molecule has 0 fully saturated rings. The van der Waals surface area contributed by atoms with E-state index in [1.807, 2.05) is 39.1 Å². The Labute approximate surface area is 186 Å². The first-order valence-electron chi connectivity index (χ1n) is 10.3. The fourth-order valence-electron chi connectivity index (χ4n) is 3.53. The van der Waals surface area contributed by atoms with Gasteiger partial charge in [0.05, 0.1) is 4.90 Å². The van der Waals surface area contributed by atoms with Crippen molar-refractivity contribution in [2.75, 3.05) is 5.32 Å². The summed E-state index contributed by atoms with van der Waals surface area (Å²) in [5.74, 6) is 0.443. The number of fused-ring (bicyclic) bond motifs is 1. The van der Waals surface area contributed by atoms with Crippen molar-refractivity contribution >= 4 is 27.5 Å². The normalized spacial score (nSPS) is 17.4. The van der Waals surface area contributed by atoms with Crippen LogP contribution in [0, 0.1) is 5.92 Å². The Bertz CT molecular complexity index is 1300. The maximum absolute atomic E-state index is 13.2. The van der Waals surface area contributed by atoms with Gasteiger partial charge in [0.25, 0.3) is 10.0 Å². The van der Waals surface area contributed by atoms with Crippen LogP contribution in [-0.2, 0) is 21.9 Å². The first-order chi connectivity index (χ1) is 15.3. The molecule has 3 aromatic rings. The zero-order valence-electron chi connectivity index (χ0n) is 18.0. The number of benzene rings is 2. The molecule has 166 valence electrons. The molecule has 4 rings (SSSR count). The third kappa shape index (κ3) is 4.13. The molecule has 1 aromatic heterocycles. The minimum Gasteiger partial charge on any atom is -0.324 e. The summed E-state index contributed by atoms with van der Waals surface area (Å²) in [4.78, 5) is 17.9. The highest BCUT2D eigenvalue weighted by Crippen LogP contribution is 2.25. The second kappa shape index (κ2) is 8.54. The van der Waals surface area contributed by atoms with E-state index in [-0.39, 0.29) is 22.6 Å². The number of rotatable bonds is 6. The van der Waals surface area contributed by atoms with Crippen molar-refractivity contribution in [1.82, 2.24) is 19.5 Å². The molecule has 2 aromatic carbocycles. The largest absolute Gasteiger partial charge is 0.324 e. The van der Waals surface area contributed by atoms with Crippen LogP contribution in [0.2, 0.25) is 0 Å². The Kier molecular flexibility index (Phi) is 5.79. The summed E-state index contributed by atoms with van der Waals surface area (Å²) in [7, 11) is -1.84. The highest BCUT2D eigenvalue weighted by atomic mass is 32.2. The number of anilines is 1. The van der Waals surface area contributed by atoms with Gasteiger partial charge in [-0.25, -0.2) is 8.42 Å².